The van der Waals surface area contributed by atoms with E-state index in [1.165, 1.54) is 32.1 Å². The molecule has 2 rings (SSSR count). The predicted octanol–water partition coefficient (Wildman–Crippen LogP) is 1.54. The Morgan fingerprint density at radius 3 is 2.33 bits per heavy atom. The molecule has 2 N–H and O–H groups in total. The van der Waals surface area contributed by atoms with Gasteiger partial charge in [-0.25, -0.2) is 0 Å². The Morgan fingerprint density at radius 1 is 1.08 bits per heavy atom. The van der Waals surface area contributed by atoms with E-state index in [0.29, 0.717) is 6.04 Å². The second-order valence-corrected chi connectivity index (χ2v) is 4.39. The van der Waals surface area contributed by atoms with Gasteiger partial charge in [-0.2, -0.15) is 0 Å². The number of nitrogens with two attached hydrogens (primary N) is 1. The molecule has 0 aromatic heterocycles. The minimum absolute atomic E-state index is 0.523. The Morgan fingerprint density at radius 2 is 1.75 bits per heavy atom. The highest BCUT2D eigenvalue weighted by Crippen LogP contribution is 2.34. The largest absolute Gasteiger partial charge is 0.381 e. The molecule has 0 spiro atoms. The zero-order valence-corrected chi connectivity index (χ0v) is 7.67. The first-order valence-corrected chi connectivity index (χ1v) is 5.18. The van der Waals surface area contributed by atoms with Crippen LogP contribution in [0.4, 0.5) is 0 Å². The molecule has 0 aromatic rings. The molecule has 2 fully saturated rings. The number of hydrogen-bond acceptors (Lipinski definition) is 2. The van der Waals surface area contributed by atoms with E-state index in [1.807, 2.05) is 0 Å². The molecule has 2 nitrogen and oxygen atoms in total. The summed E-state index contributed by atoms with van der Waals surface area (Å²) < 4.78 is 5.33. The summed E-state index contributed by atoms with van der Waals surface area (Å²) in [4.78, 5) is 0. The highest BCUT2D eigenvalue weighted by molar-refractivity contribution is 4.84. The van der Waals surface area contributed by atoms with Crippen LogP contribution in [0.3, 0.4) is 0 Å². The summed E-state index contributed by atoms with van der Waals surface area (Å²) >= 11 is 0. The number of hydrogen-bond donors (Lipinski definition) is 1. The summed E-state index contributed by atoms with van der Waals surface area (Å²) in [5.41, 5.74) is 5.75. The lowest BCUT2D eigenvalue weighted by molar-refractivity contribution is 0.0513. The van der Waals surface area contributed by atoms with E-state index in [1.54, 1.807) is 0 Å². The highest BCUT2D eigenvalue weighted by atomic mass is 16.5. The van der Waals surface area contributed by atoms with Crippen molar-refractivity contribution < 1.29 is 4.74 Å². The van der Waals surface area contributed by atoms with E-state index in [2.05, 4.69) is 0 Å². The van der Waals surface area contributed by atoms with Gasteiger partial charge in [-0.3, -0.25) is 0 Å². The average Bonchev–Trinajstić information content (AvgIpc) is 2.04. The molecular formula is C10H19NO. The molecule has 0 unspecified atom stereocenters. The van der Waals surface area contributed by atoms with Gasteiger partial charge in [0, 0.05) is 19.3 Å². The molecule has 1 aliphatic carbocycles. The van der Waals surface area contributed by atoms with Crippen molar-refractivity contribution in [2.75, 3.05) is 13.2 Å². The third-order valence-corrected chi connectivity index (χ3v) is 3.28. The van der Waals surface area contributed by atoms with Gasteiger partial charge in [-0.05, 0) is 43.9 Å². The van der Waals surface area contributed by atoms with Gasteiger partial charge in [0.05, 0.1) is 0 Å². The smallest absolute Gasteiger partial charge is 0.0468 e. The first-order valence-electron chi connectivity index (χ1n) is 5.18. The maximum Gasteiger partial charge on any atom is 0.0468 e. The van der Waals surface area contributed by atoms with Gasteiger partial charge in [-0.1, -0.05) is 0 Å². The molecule has 0 amide bonds. The van der Waals surface area contributed by atoms with Crippen LogP contribution in [0.5, 0.6) is 0 Å². The molecule has 2 aliphatic rings. The number of ether oxygens (including phenoxy) is 1. The molecule has 2 heteroatoms. The van der Waals surface area contributed by atoms with Crippen molar-refractivity contribution >= 4 is 0 Å². The summed E-state index contributed by atoms with van der Waals surface area (Å²) in [6.45, 7) is 1.98. The van der Waals surface area contributed by atoms with E-state index in [9.17, 15) is 0 Å². The second-order valence-electron chi connectivity index (χ2n) is 4.39. The molecule has 0 aromatic carbocycles. The first-order chi connectivity index (χ1) is 5.84. The SMILES string of the molecule is NC1CC(CC2CCOCC2)C1. The molecule has 1 saturated heterocycles. The Bertz CT molecular complexity index is 137. The van der Waals surface area contributed by atoms with Gasteiger partial charge in [0.1, 0.15) is 0 Å². The lowest BCUT2D eigenvalue weighted by Gasteiger charge is -2.36. The third-order valence-electron chi connectivity index (χ3n) is 3.28. The Kier molecular flexibility index (Phi) is 2.66. The molecule has 1 heterocycles. The highest BCUT2D eigenvalue weighted by Gasteiger charge is 2.28. The van der Waals surface area contributed by atoms with E-state index >= 15 is 0 Å². The standard InChI is InChI=1S/C10H19NO/c11-10-6-9(7-10)5-8-1-3-12-4-2-8/h8-10H,1-7,11H2. The van der Waals surface area contributed by atoms with Crippen molar-refractivity contribution in [3.63, 3.8) is 0 Å². The van der Waals surface area contributed by atoms with Gasteiger partial charge >= 0.3 is 0 Å². The molecule has 0 bridgehead atoms. The van der Waals surface area contributed by atoms with Crippen LogP contribution >= 0.6 is 0 Å². The average molecular weight is 169 g/mol. The van der Waals surface area contributed by atoms with Gasteiger partial charge in [0.2, 0.25) is 0 Å². The maximum atomic E-state index is 5.75. The molecule has 0 atom stereocenters. The molecule has 1 aliphatic heterocycles. The zero-order valence-electron chi connectivity index (χ0n) is 7.67. The Hall–Kier alpha value is -0.0800. The van der Waals surface area contributed by atoms with Crippen molar-refractivity contribution in [3.05, 3.63) is 0 Å². The predicted molar refractivity (Wildman–Crippen MR) is 48.9 cm³/mol. The Balaban J connectivity index is 1.65. The first kappa shape index (κ1) is 8.52. The van der Waals surface area contributed by atoms with E-state index < -0.39 is 0 Å². The van der Waals surface area contributed by atoms with Crippen LogP contribution in [-0.2, 0) is 4.74 Å². The minimum atomic E-state index is 0.523. The molecule has 1 saturated carbocycles. The minimum Gasteiger partial charge on any atom is -0.381 e. The molecule has 0 radical (unpaired) electrons. The lowest BCUT2D eigenvalue weighted by Crippen LogP contribution is -2.37. The van der Waals surface area contributed by atoms with Crippen LogP contribution in [0, 0.1) is 11.8 Å². The van der Waals surface area contributed by atoms with Crippen molar-refractivity contribution in [1.29, 1.82) is 0 Å². The third kappa shape index (κ3) is 1.99. The van der Waals surface area contributed by atoms with Crippen LogP contribution < -0.4 is 5.73 Å². The van der Waals surface area contributed by atoms with Crippen LogP contribution in [0.25, 0.3) is 0 Å². The topological polar surface area (TPSA) is 35.2 Å². The fraction of sp³-hybridized carbons (Fsp3) is 1.00. The summed E-state index contributed by atoms with van der Waals surface area (Å²) in [5, 5.41) is 0. The van der Waals surface area contributed by atoms with Gasteiger partial charge in [0.15, 0.2) is 0 Å². The van der Waals surface area contributed by atoms with E-state index in [-0.39, 0.29) is 0 Å². The Labute approximate surface area is 74.5 Å². The van der Waals surface area contributed by atoms with Gasteiger partial charge in [0.25, 0.3) is 0 Å². The van der Waals surface area contributed by atoms with Crippen LogP contribution in [0.2, 0.25) is 0 Å². The van der Waals surface area contributed by atoms with Crippen molar-refractivity contribution in [3.8, 4) is 0 Å². The van der Waals surface area contributed by atoms with E-state index in [0.717, 1.165) is 25.0 Å². The quantitative estimate of drug-likeness (QED) is 0.680. The van der Waals surface area contributed by atoms with Gasteiger partial charge < -0.3 is 10.5 Å². The van der Waals surface area contributed by atoms with Gasteiger partial charge in [-0.15, -0.1) is 0 Å². The zero-order chi connectivity index (χ0) is 8.39. The summed E-state index contributed by atoms with van der Waals surface area (Å²) in [7, 11) is 0. The summed E-state index contributed by atoms with van der Waals surface area (Å²) in [6.07, 6.45) is 6.53. The van der Waals surface area contributed by atoms with Crippen molar-refractivity contribution in [2.24, 2.45) is 17.6 Å². The fourth-order valence-electron chi connectivity index (χ4n) is 2.43. The van der Waals surface area contributed by atoms with Crippen molar-refractivity contribution in [1.82, 2.24) is 0 Å². The number of rotatable bonds is 2. The molecule has 12 heavy (non-hydrogen) atoms. The normalized spacial score (nSPS) is 37.8. The lowest BCUT2D eigenvalue weighted by atomic mass is 9.74. The maximum absolute atomic E-state index is 5.75. The van der Waals surface area contributed by atoms with Crippen LogP contribution in [0.1, 0.15) is 32.1 Å². The van der Waals surface area contributed by atoms with E-state index in [4.69, 9.17) is 10.5 Å². The fourth-order valence-corrected chi connectivity index (χ4v) is 2.43. The van der Waals surface area contributed by atoms with Crippen LogP contribution in [0.15, 0.2) is 0 Å². The monoisotopic (exact) mass is 169 g/mol. The summed E-state index contributed by atoms with van der Waals surface area (Å²) in [5.74, 6) is 1.89. The summed E-state index contributed by atoms with van der Waals surface area (Å²) in [6, 6.07) is 0.523. The van der Waals surface area contributed by atoms with Crippen molar-refractivity contribution in [2.45, 2.75) is 38.1 Å². The molecular weight excluding hydrogens is 150 g/mol. The molecule has 70 valence electrons. The second kappa shape index (κ2) is 3.75. The van der Waals surface area contributed by atoms with Crippen LogP contribution in [-0.4, -0.2) is 19.3 Å².